The summed E-state index contributed by atoms with van der Waals surface area (Å²) in [5.41, 5.74) is 3.20. The van der Waals surface area contributed by atoms with E-state index in [0.29, 0.717) is 19.6 Å². The molecule has 0 atom stereocenters. The van der Waals surface area contributed by atoms with Crippen LogP contribution in [-0.4, -0.2) is 49.7 Å². The van der Waals surface area contributed by atoms with Crippen LogP contribution in [0.3, 0.4) is 0 Å². The van der Waals surface area contributed by atoms with Gasteiger partial charge < -0.3 is 4.74 Å². The Morgan fingerprint density at radius 2 is 2.08 bits per heavy atom. The van der Waals surface area contributed by atoms with Crippen molar-refractivity contribution in [1.29, 1.82) is 0 Å². The first-order chi connectivity index (χ1) is 11.4. The highest BCUT2D eigenvalue weighted by atomic mass is 32.2. The third kappa shape index (κ3) is 4.08. The maximum absolute atomic E-state index is 12.6. The quantitative estimate of drug-likeness (QED) is 0.472. The highest BCUT2D eigenvalue weighted by Gasteiger charge is 2.28. The molecule has 1 N–H and O–H groups in total. The largest absolute Gasteiger partial charge is 0.379 e. The molecule has 1 fully saturated rings. The zero-order valence-electron chi connectivity index (χ0n) is 13.6. The maximum Gasteiger partial charge on any atom is 0.295 e. The van der Waals surface area contributed by atoms with Crippen LogP contribution in [0.1, 0.15) is 20.3 Å². The zero-order valence-corrected chi connectivity index (χ0v) is 14.4. The van der Waals surface area contributed by atoms with Crippen molar-refractivity contribution in [3.05, 3.63) is 28.3 Å². The molecule has 24 heavy (non-hydrogen) atoms. The molecule has 1 aromatic carbocycles. The minimum Gasteiger partial charge on any atom is -0.379 e. The van der Waals surface area contributed by atoms with Crippen molar-refractivity contribution in [1.82, 2.24) is 4.31 Å². The molecule has 10 heteroatoms. The maximum atomic E-state index is 12.6. The smallest absolute Gasteiger partial charge is 0.295 e. The Morgan fingerprint density at radius 3 is 2.67 bits per heavy atom. The van der Waals surface area contributed by atoms with E-state index in [1.54, 1.807) is 6.92 Å². The van der Waals surface area contributed by atoms with Gasteiger partial charge in [-0.2, -0.15) is 9.41 Å². The molecule has 1 saturated heterocycles. The summed E-state index contributed by atoms with van der Waals surface area (Å²) in [7, 11) is -3.79. The summed E-state index contributed by atoms with van der Waals surface area (Å²) in [6.45, 7) is 4.78. The first kappa shape index (κ1) is 18.3. The summed E-state index contributed by atoms with van der Waals surface area (Å²) in [5, 5.41) is 15.3. The van der Waals surface area contributed by atoms with Crippen LogP contribution in [0.15, 0.2) is 28.2 Å². The predicted molar refractivity (Wildman–Crippen MR) is 89.7 cm³/mol. The molecule has 0 aromatic heterocycles. The molecule has 0 radical (unpaired) electrons. The van der Waals surface area contributed by atoms with Crippen molar-refractivity contribution in [2.24, 2.45) is 5.10 Å². The van der Waals surface area contributed by atoms with Crippen LogP contribution < -0.4 is 5.43 Å². The molecule has 132 valence electrons. The van der Waals surface area contributed by atoms with Gasteiger partial charge in [0.05, 0.1) is 23.0 Å². The van der Waals surface area contributed by atoms with Gasteiger partial charge in [0, 0.05) is 24.9 Å². The number of sulfonamides is 1. The first-order valence-corrected chi connectivity index (χ1v) is 8.95. The normalized spacial score (nSPS) is 16.8. The van der Waals surface area contributed by atoms with Gasteiger partial charge in [0.2, 0.25) is 10.0 Å². The van der Waals surface area contributed by atoms with Crippen molar-refractivity contribution in [3.8, 4) is 0 Å². The molecule has 0 saturated carbocycles. The number of nitrogens with zero attached hydrogens (tertiary/aromatic N) is 3. The van der Waals surface area contributed by atoms with Crippen molar-refractivity contribution in [3.63, 3.8) is 0 Å². The van der Waals surface area contributed by atoms with Gasteiger partial charge in [0.15, 0.2) is 0 Å². The Kier molecular flexibility index (Phi) is 5.86. The van der Waals surface area contributed by atoms with Crippen molar-refractivity contribution < 1.29 is 18.1 Å². The van der Waals surface area contributed by atoms with Crippen LogP contribution in [0.5, 0.6) is 0 Å². The summed E-state index contributed by atoms with van der Waals surface area (Å²) in [6, 6.07) is 3.76. The van der Waals surface area contributed by atoms with Gasteiger partial charge in [0.25, 0.3) is 5.69 Å². The van der Waals surface area contributed by atoms with Crippen LogP contribution in [0.4, 0.5) is 11.4 Å². The lowest BCUT2D eigenvalue weighted by molar-refractivity contribution is -0.384. The second-order valence-corrected chi connectivity index (χ2v) is 7.20. The van der Waals surface area contributed by atoms with E-state index in [1.165, 1.54) is 16.4 Å². The molecule has 1 heterocycles. The average Bonchev–Trinajstić information content (AvgIpc) is 2.60. The van der Waals surface area contributed by atoms with Crippen LogP contribution in [0.25, 0.3) is 0 Å². The summed E-state index contributed by atoms with van der Waals surface area (Å²) in [6.07, 6.45) is 0.699. The van der Waals surface area contributed by atoms with Gasteiger partial charge in [-0.25, -0.2) is 8.42 Å². The van der Waals surface area contributed by atoms with Crippen LogP contribution in [0, 0.1) is 10.1 Å². The van der Waals surface area contributed by atoms with Crippen LogP contribution in [-0.2, 0) is 14.8 Å². The van der Waals surface area contributed by atoms with E-state index < -0.39 is 14.9 Å². The van der Waals surface area contributed by atoms with Gasteiger partial charge in [0.1, 0.15) is 5.69 Å². The average molecular weight is 356 g/mol. The van der Waals surface area contributed by atoms with E-state index >= 15 is 0 Å². The van der Waals surface area contributed by atoms with E-state index in [2.05, 4.69) is 10.5 Å². The monoisotopic (exact) mass is 356 g/mol. The Bertz CT molecular complexity index is 742. The molecule has 0 bridgehead atoms. The van der Waals surface area contributed by atoms with Gasteiger partial charge in [-0.05, 0) is 25.5 Å². The number of hydrazone groups is 1. The Labute approximate surface area is 140 Å². The molecule has 2 rings (SSSR count). The minimum absolute atomic E-state index is 0.113. The Hall–Kier alpha value is -2.04. The molecule has 0 spiro atoms. The van der Waals surface area contributed by atoms with Crippen molar-refractivity contribution in [2.75, 3.05) is 31.7 Å². The molecule has 1 aliphatic heterocycles. The molecule has 1 aromatic rings. The number of benzene rings is 1. The second-order valence-electron chi connectivity index (χ2n) is 5.26. The van der Waals surface area contributed by atoms with Gasteiger partial charge in [-0.15, -0.1) is 0 Å². The van der Waals surface area contributed by atoms with E-state index in [1.807, 2.05) is 6.92 Å². The molecule has 0 unspecified atom stereocenters. The lowest BCUT2D eigenvalue weighted by atomic mass is 10.3. The number of anilines is 1. The van der Waals surface area contributed by atoms with Crippen molar-refractivity contribution in [2.45, 2.75) is 25.2 Å². The summed E-state index contributed by atoms with van der Waals surface area (Å²) < 4.78 is 31.6. The Balaban J connectivity index is 2.36. The highest BCUT2D eigenvalue weighted by molar-refractivity contribution is 7.89. The van der Waals surface area contributed by atoms with Crippen molar-refractivity contribution >= 4 is 27.1 Å². The summed E-state index contributed by atoms with van der Waals surface area (Å²) in [4.78, 5) is 10.5. The number of morpholine rings is 1. The number of ether oxygens (including phenoxy) is 1. The SMILES string of the molecule is CC/C(C)=N\Nc1ccc(S(=O)(=O)N2CCOCC2)cc1[N+](=O)[O-]. The molecule has 0 amide bonds. The number of rotatable bonds is 6. The number of nitrogens with one attached hydrogen (secondary N) is 1. The second kappa shape index (κ2) is 7.69. The third-order valence-corrected chi connectivity index (χ3v) is 5.55. The Morgan fingerprint density at radius 1 is 1.42 bits per heavy atom. The molecular weight excluding hydrogens is 336 g/mol. The summed E-state index contributed by atoms with van der Waals surface area (Å²) >= 11 is 0. The number of hydrogen-bond acceptors (Lipinski definition) is 7. The zero-order chi connectivity index (χ0) is 17.7. The first-order valence-electron chi connectivity index (χ1n) is 7.51. The predicted octanol–water partition coefficient (Wildman–Crippen LogP) is 1.81. The standard InChI is InChI=1S/C14H20N4O5S/c1-3-11(2)15-16-13-5-4-12(10-14(13)18(19)20)24(21,22)17-6-8-23-9-7-17/h4-5,10,16H,3,6-9H2,1-2H3/b15-11-. The third-order valence-electron chi connectivity index (χ3n) is 3.65. The fourth-order valence-electron chi connectivity index (χ4n) is 2.09. The molecule has 1 aliphatic rings. The lowest BCUT2D eigenvalue weighted by Gasteiger charge is -2.26. The van der Waals surface area contributed by atoms with Gasteiger partial charge in [-0.3, -0.25) is 15.5 Å². The molecular formula is C14H20N4O5S. The number of nitro groups is 1. The van der Waals surface area contributed by atoms with Gasteiger partial charge >= 0.3 is 0 Å². The van der Waals surface area contributed by atoms with E-state index in [0.717, 1.165) is 11.8 Å². The molecule has 0 aliphatic carbocycles. The van der Waals surface area contributed by atoms with E-state index in [9.17, 15) is 18.5 Å². The number of hydrogen-bond donors (Lipinski definition) is 1. The number of nitro benzene ring substituents is 1. The highest BCUT2D eigenvalue weighted by Crippen LogP contribution is 2.29. The summed E-state index contributed by atoms with van der Waals surface area (Å²) in [5.74, 6) is 0. The van der Waals surface area contributed by atoms with E-state index in [4.69, 9.17) is 4.74 Å². The van der Waals surface area contributed by atoms with Crippen LogP contribution in [0.2, 0.25) is 0 Å². The van der Waals surface area contributed by atoms with Crippen LogP contribution >= 0.6 is 0 Å². The molecule has 9 nitrogen and oxygen atoms in total. The fourth-order valence-corrected chi connectivity index (χ4v) is 3.52. The van der Waals surface area contributed by atoms with Gasteiger partial charge in [-0.1, -0.05) is 6.92 Å². The minimum atomic E-state index is -3.79. The lowest BCUT2D eigenvalue weighted by Crippen LogP contribution is -2.40. The fraction of sp³-hybridized carbons (Fsp3) is 0.500. The topological polar surface area (TPSA) is 114 Å². The van der Waals surface area contributed by atoms with E-state index in [-0.39, 0.29) is 29.4 Å².